The third-order valence-electron chi connectivity index (χ3n) is 3.66. The molecule has 0 amide bonds. The summed E-state index contributed by atoms with van der Waals surface area (Å²) >= 11 is 0. The highest BCUT2D eigenvalue weighted by Gasteiger charge is 2.36. The second kappa shape index (κ2) is 7.03. The maximum Gasteiger partial charge on any atom is 0.314 e. The SMILES string of the molecule is CCC(OC(=O)CC(C)=O)(c1ccccc1)c1ccccc1. The Balaban J connectivity index is 2.48. The van der Waals surface area contributed by atoms with E-state index in [1.165, 1.54) is 6.92 Å². The van der Waals surface area contributed by atoms with Gasteiger partial charge in [-0.25, -0.2) is 0 Å². The van der Waals surface area contributed by atoms with Crippen LogP contribution in [0.15, 0.2) is 60.7 Å². The van der Waals surface area contributed by atoms with E-state index in [1.807, 2.05) is 67.6 Å². The number of hydrogen-bond acceptors (Lipinski definition) is 3. The van der Waals surface area contributed by atoms with Crippen LogP contribution in [-0.2, 0) is 19.9 Å². The van der Waals surface area contributed by atoms with E-state index in [0.717, 1.165) is 11.1 Å². The summed E-state index contributed by atoms with van der Waals surface area (Å²) < 4.78 is 5.81. The average Bonchev–Trinajstić information content (AvgIpc) is 2.53. The quantitative estimate of drug-likeness (QED) is 0.600. The summed E-state index contributed by atoms with van der Waals surface area (Å²) in [4.78, 5) is 23.3. The minimum Gasteiger partial charge on any atom is -0.449 e. The van der Waals surface area contributed by atoms with Crippen LogP contribution in [0.5, 0.6) is 0 Å². The van der Waals surface area contributed by atoms with Crippen LogP contribution in [0.25, 0.3) is 0 Å². The van der Waals surface area contributed by atoms with Gasteiger partial charge in [-0.15, -0.1) is 0 Å². The molecule has 0 aliphatic carbocycles. The number of rotatable bonds is 6. The molecule has 22 heavy (non-hydrogen) atoms. The number of carbonyl (C=O) groups is 2. The topological polar surface area (TPSA) is 43.4 Å². The molecule has 3 heteroatoms. The maximum atomic E-state index is 12.1. The molecular formula is C19H20O3. The number of ketones is 1. The minimum absolute atomic E-state index is 0.198. The Morgan fingerprint density at radius 3 is 1.73 bits per heavy atom. The van der Waals surface area contributed by atoms with Gasteiger partial charge in [0.05, 0.1) is 0 Å². The second-order valence-corrected chi connectivity index (χ2v) is 5.27. The van der Waals surface area contributed by atoms with Gasteiger partial charge in [-0.2, -0.15) is 0 Å². The fourth-order valence-electron chi connectivity index (χ4n) is 2.61. The van der Waals surface area contributed by atoms with Gasteiger partial charge in [0.15, 0.2) is 5.60 Å². The minimum atomic E-state index is -0.866. The Morgan fingerprint density at radius 1 is 0.909 bits per heavy atom. The summed E-state index contributed by atoms with van der Waals surface area (Å²) in [5.41, 5.74) is 0.941. The van der Waals surface area contributed by atoms with Crippen molar-refractivity contribution < 1.29 is 14.3 Å². The molecule has 0 unspecified atom stereocenters. The predicted octanol–water partition coefficient (Wildman–Crippen LogP) is 3.86. The van der Waals surface area contributed by atoms with Crippen LogP contribution < -0.4 is 0 Å². The number of hydrogen-bond donors (Lipinski definition) is 0. The summed E-state index contributed by atoms with van der Waals surface area (Å²) in [6, 6.07) is 19.3. The number of Topliss-reactive ketones (excluding diaryl/α,β-unsaturated/α-hetero) is 1. The van der Waals surface area contributed by atoms with E-state index in [2.05, 4.69) is 0 Å². The molecule has 0 fully saturated rings. The van der Waals surface area contributed by atoms with E-state index in [4.69, 9.17) is 4.74 Å². The van der Waals surface area contributed by atoms with E-state index in [1.54, 1.807) is 0 Å². The molecule has 0 aliphatic heterocycles. The van der Waals surface area contributed by atoms with E-state index in [0.29, 0.717) is 6.42 Å². The number of carbonyl (C=O) groups excluding carboxylic acids is 2. The Morgan fingerprint density at radius 2 is 1.36 bits per heavy atom. The summed E-state index contributed by atoms with van der Waals surface area (Å²) in [5, 5.41) is 0. The average molecular weight is 296 g/mol. The Kier molecular flexibility index (Phi) is 5.10. The molecule has 0 heterocycles. The van der Waals surface area contributed by atoms with Crippen molar-refractivity contribution in [2.75, 3.05) is 0 Å². The van der Waals surface area contributed by atoms with Crippen LogP contribution >= 0.6 is 0 Å². The van der Waals surface area contributed by atoms with Crippen molar-refractivity contribution in [2.45, 2.75) is 32.3 Å². The highest BCUT2D eigenvalue weighted by molar-refractivity contribution is 5.94. The first-order valence-electron chi connectivity index (χ1n) is 7.41. The Bertz CT molecular complexity index is 593. The predicted molar refractivity (Wildman–Crippen MR) is 85.3 cm³/mol. The van der Waals surface area contributed by atoms with E-state index in [9.17, 15) is 9.59 Å². The molecule has 0 radical (unpaired) electrons. The van der Waals surface area contributed by atoms with Crippen molar-refractivity contribution in [3.05, 3.63) is 71.8 Å². The van der Waals surface area contributed by atoms with E-state index in [-0.39, 0.29) is 12.2 Å². The van der Waals surface area contributed by atoms with Crippen LogP contribution in [0.1, 0.15) is 37.8 Å². The van der Waals surface area contributed by atoms with Crippen LogP contribution in [0, 0.1) is 0 Å². The fraction of sp³-hybridized carbons (Fsp3) is 0.263. The van der Waals surface area contributed by atoms with Gasteiger partial charge in [0.25, 0.3) is 0 Å². The molecule has 2 aromatic rings. The van der Waals surface area contributed by atoms with Crippen LogP contribution in [0.3, 0.4) is 0 Å². The zero-order valence-electron chi connectivity index (χ0n) is 12.9. The molecule has 0 aliphatic rings. The molecule has 2 aromatic carbocycles. The molecule has 2 rings (SSSR count). The van der Waals surface area contributed by atoms with Crippen molar-refractivity contribution in [1.29, 1.82) is 0 Å². The second-order valence-electron chi connectivity index (χ2n) is 5.27. The molecular weight excluding hydrogens is 276 g/mol. The van der Waals surface area contributed by atoms with Crippen molar-refractivity contribution in [2.24, 2.45) is 0 Å². The van der Waals surface area contributed by atoms with Crippen molar-refractivity contribution >= 4 is 11.8 Å². The molecule has 3 nitrogen and oxygen atoms in total. The van der Waals surface area contributed by atoms with Crippen LogP contribution in [0.4, 0.5) is 0 Å². The molecule has 0 spiro atoms. The molecule has 0 bridgehead atoms. The Hall–Kier alpha value is -2.42. The van der Waals surface area contributed by atoms with Gasteiger partial charge in [-0.3, -0.25) is 9.59 Å². The first-order valence-corrected chi connectivity index (χ1v) is 7.41. The molecule has 0 saturated carbocycles. The van der Waals surface area contributed by atoms with Crippen molar-refractivity contribution in [1.82, 2.24) is 0 Å². The van der Waals surface area contributed by atoms with Gasteiger partial charge in [0, 0.05) is 11.1 Å². The first-order chi connectivity index (χ1) is 10.6. The van der Waals surface area contributed by atoms with Gasteiger partial charge in [-0.1, -0.05) is 67.6 Å². The third kappa shape index (κ3) is 3.42. The number of esters is 1. The summed E-state index contributed by atoms with van der Waals surface area (Å²) in [5.74, 6) is -0.696. The van der Waals surface area contributed by atoms with Crippen LogP contribution in [-0.4, -0.2) is 11.8 Å². The third-order valence-corrected chi connectivity index (χ3v) is 3.66. The molecule has 0 aromatic heterocycles. The van der Waals surface area contributed by atoms with Gasteiger partial charge < -0.3 is 4.74 Å². The largest absolute Gasteiger partial charge is 0.449 e. The summed E-state index contributed by atoms with van der Waals surface area (Å²) in [6.07, 6.45) is 0.381. The van der Waals surface area contributed by atoms with Crippen molar-refractivity contribution in [3.63, 3.8) is 0 Å². The molecule has 114 valence electrons. The van der Waals surface area contributed by atoms with Crippen LogP contribution in [0.2, 0.25) is 0 Å². The summed E-state index contributed by atoms with van der Waals surface area (Å²) in [7, 11) is 0. The molecule has 0 saturated heterocycles. The van der Waals surface area contributed by atoms with Gasteiger partial charge in [0.2, 0.25) is 0 Å². The number of ether oxygens (including phenoxy) is 1. The lowest BCUT2D eigenvalue weighted by Crippen LogP contribution is -2.33. The lowest BCUT2D eigenvalue weighted by atomic mass is 9.84. The first kappa shape index (κ1) is 16.0. The zero-order valence-corrected chi connectivity index (χ0v) is 12.9. The van der Waals surface area contributed by atoms with E-state index < -0.39 is 11.6 Å². The fourth-order valence-corrected chi connectivity index (χ4v) is 2.61. The standard InChI is InChI=1S/C19H20O3/c1-3-19(16-10-6-4-7-11-16,17-12-8-5-9-13-17)22-18(21)14-15(2)20/h4-13H,3,14H2,1-2H3. The summed E-state index contributed by atoms with van der Waals surface area (Å²) in [6.45, 7) is 3.36. The molecule has 0 atom stereocenters. The van der Waals surface area contributed by atoms with E-state index >= 15 is 0 Å². The highest BCUT2D eigenvalue weighted by Crippen LogP contribution is 2.37. The molecule has 0 N–H and O–H groups in total. The maximum absolute atomic E-state index is 12.1. The lowest BCUT2D eigenvalue weighted by molar-refractivity contribution is -0.158. The monoisotopic (exact) mass is 296 g/mol. The lowest BCUT2D eigenvalue weighted by Gasteiger charge is -2.33. The van der Waals surface area contributed by atoms with Gasteiger partial charge >= 0.3 is 5.97 Å². The smallest absolute Gasteiger partial charge is 0.314 e. The van der Waals surface area contributed by atoms with Gasteiger partial charge in [0.1, 0.15) is 12.2 Å². The van der Waals surface area contributed by atoms with Gasteiger partial charge in [-0.05, 0) is 13.3 Å². The van der Waals surface area contributed by atoms with Crippen molar-refractivity contribution in [3.8, 4) is 0 Å². The number of benzene rings is 2. The highest BCUT2D eigenvalue weighted by atomic mass is 16.6. The zero-order chi connectivity index (χ0) is 16.0. The Labute approximate surface area is 130 Å². The normalized spacial score (nSPS) is 11.0.